The minimum absolute atomic E-state index is 0.0968. The van der Waals surface area contributed by atoms with E-state index in [0.29, 0.717) is 18.1 Å². The van der Waals surface area contributed by atoms with Crippen molar-refractivity contribution in [3.05, 3.63) is 59.2 Å². The van der Waals surface area contributed by atoms with E-state index in [1.807, 2.05) is 24.3 Å². The Balaban J connectivity index is 2.13. The molecule has 0 spiro atoms. The summed E-state index contributed by atoms with van der Waals surface area (Å²) < 4.78 is 10.7. The maximum Gasteiger partial charge on any atom is 0.339 e. The van der Waals surface area contributed by atoms with Gasteiger partial charge in [-0.25, -0.2) is 4.79 Å². The number of carbonyl (C=O) groups is 1. The summed E-state index contributed by atoms with van der Waals surface area (Å²) in [6.45, 7) is 2.43. The van der Waals surface area contributed by atoms with Gasteiger partial charge in [0.25, 0.3) is 0 Å². The maximum absolute atomic E-state index is 11.2. The molecular weight excluding hydrogens is 268 g/mol. The van der Waals surface area contributed by atoms with E-state index in [-0.39, 0.29) is 5.56 Å². The van der Waals surface area contributed by atoms with Gasteiger partial charge < -0.3 is 14.6 Å². The molecule has 21 heavy (non-hydrogen) atoms. The van der Waals surface area contributed by atoms with Crippen molar-refractivity contribution < 1.29 is 19.4 Å². The number of benzene rings is 2. The molecule has 0 radical (unpaired) electrons. The summed E-state index contributed by atoms with van der Waals surface area (Å²) in [5.74, 6) is -0.208. The summed E-state index contributed by atoms with van der Waals surface area (Å²) in [5, 5.41) is 9.22. The molecule has 0 aromatic heterocycles. The third kappa shape index (κ3) is 3.75. The van der Waals surface area contributed by atoms with Crippen LogP contribution >= 0.6 is 0 Å². The number of aromatic carboxylic acids is 1. The molecule has 0 heterocycles. The van der Waals surface area contributed by atoms with Crippen LogP contribution in [0.15, 0.2) is 42.5 Å². The lowest BCUT2D eigenvalue weighted by Crippen LogP contribution is -2.04. The first-order valence-electron chi connectivity index (χ1n) is 6.76. The fraction of sp³-hybridized carbons (Fsp3) is 0.235. The van der Waals surface area contributed by atoms with Gasteiger partial charge in [0, 0.05) is 0 Å². The topological polar surface area (TPSA) is 55.8 Å². The molecule has 0 amide bonds. The molecule has 0 bridgehead atoms. The second kappa shape index (κ2) is 6.79. The summed E-state index contributed by atoms with van der Waals surface area (Å²) in [6.07, 6.45) is 0.989. The molecule has 1 N–H and O–H groups in total. The summed E-state index contributed by atoms with van der Waals surface area (Å²) in [6, 6.07) is 12.8. The van der Waals surface area contributed by atoms with Crippen LogP contribution in [-0.2, 0) is 13.0 Å². The molecule has 2 aromatic carbocycles. The van der Waals surface area contributed by atoms with Crippen molar-refractivity contribution in [1.29, 1.82) is 0 Å². The lowest BCUT2D eigenvalue weighted by Gasteiger charge is -2.11. The van der Waals surface area contributed by atoms with Gasteiger partial charge in [-0.1, -0.05) is 31.2 Å². The highest BCUT2D eigenvalue weighted by Crippen LogP contribution is 2.25. The number of carboxylic acid groups (broad SMARTS) is 1. The van der Waals surface area contributed by atoms with E-state index >= 15 is 0 Å². The van der Waals surface area contributed by atoms with E-state index in [1.54, 1.807) is 12.1 Å². The third-order valence-electron chi connectivity index (χ3n) is 3.24. The molecule has 110 valence electrons. The molecule has 0 unspecified atom stereocenters. The van der Waals surface area contributed by atoms with Gasteiger partial charge in [0.2, 0.25) is 0 Å². The molecule has 2 rings (SSSR count). The second-order valence-corrected chi connectivity index (χ2v) is 4.63. The standard InChI is InChI=1S/C17H18O4/c1-3-12-4-6-13(7-5-12)11-21-16-9-8-14(20-2)10-15(16)17(18)19/h4-10H,3,11H2,1-2H3,(H,18,19). The summed E-state index contributed by atoms with van der Waals surface area (Å²) >= 11 is 0. The molecule has 0 saturated heterocycles. The number of methoxy groups -OCH3 is 1. The molecule has 0 aliphatic carbocycles. The average molecular weight is 286 g/mol. The monoisotopic (exact) mass is 286 g/mol. The zero-order valence-electron chi connectivity index (χ0n) is 12.1. The molecule has 0 atom stereocenters. The van der Waals surface area contributed by atoms with E-state index in [1.165, 1.54) is 18.7 Å². The van der Waals surface area contributed by atoms with Crippen LogP contribution in [0.1, 0.15) is 28.4 Å². The highest BCUT2D eigenvalue weighted by molar-refractivity contribution is 5.91. The van der Waals surface area contributed by atoms with Gasteiger partial charge in [0.15, 0.2) is 0 Å². The van der Waals surface area contributed by atoms with Crippen molar-refractivity contribution in [3.8, 4) is 11.5 Å². The first kappa shape index (κ1) is 14.9. The zero-order valence-corrected chi connectivity index (χ0v) is 12.1. The number of aryl methyl sites for hydroxylation is 1. The van der Waals surface area contributed by atoms with Crippen LogP contribution in [0.2, 0.25) is 0 Å². The van der Waals surface area contributed by atoms with Crippen molar-refractivity contribution in [2.45, 2.75) is 20.0 Å². The van der Waals surface area contributed by atoms with Crippen LogP contribution in [0.3, 0.4) is 0 Å². The summed E-state index contributed by atoms with van der Waals surface area (Å²) in [4.78, 5) is 11.2. The Morgan fingerprint density at radius 1 is 1.10 bits per heavy atom. The fourth-order valence-corrected chi connectivity index (χ4v) is 1.96. The Hall–Kier alpha value is -2.49. The zero-order chi connectivity index (χ0) is 15.2. The predicted octanol–water partition coefficient (Wildman–Crippen LogP) is 3.53. The molecule has 0 aliphatic heterocycles. The molecule has 4 nitrogen and oxygen atoms in total. The molecule has 4 heteroatoms. The Morgan fingerprint density at radius 3 is 2.33 bits per heavy atom. The van der Waals surface area contributed by atoms with Crippen LogP contribution in [0.25, 0.3) is 0 Å². The van der Waals surface area contributed by atoms with E-state index in [2.05, 4.69) is 6.92 Å². The Morgan fingerprint density at radius 2 is 1.76 bits per heavy atom. The van der Waals surface area contributed by atoms with Crippen molar-refractivity contribution in [1.82, 2.24) is 0 Å². The number of hydrogen-bond donors (Lipinski definition) is 1. The normalized spacial score (nSPS) is 10.2. The first-order valence-corrected chi connectivity index (χ1v) is 6.76. The number of rotatable bonds is 6. The van der Waals surface area contributed by atoms with Gasteiger partial charge in [0.1, 0.15) is 23.7 Å². The van der Waals surface area contributed by atoms with Gasteiger partial charge >= 0.3 is 5.97 Å². The molecule has 0 saturated carbocycles. The largest absolute Gasteiger partial charge is 0.497 e. The number of hydrogen-bond acceptors (Lipinski definition) is 3. The fourth-order valence-electron chi connectivity index (χ4n) is 1.96. The molecule has 0 fully saturated rings. The minimum Gasteiger partial charge on any atom is -0.497 e. The van der Waals surface area contributed by atoms with Gasteiger partial charge in [0.05, 0.1) is 7.11 Å². The Labute approximate surface area is 123 Å². The summed E-state index contributed by atoms with van der Waals surface area (Å²) in [5.41, 5.74) is 2.35. The predicted molar refractivity (Wildman–Crippen MR) is 80.1 cm³/mol. The van der Waals surface area contributed by atoms with Crippen molar-refractivity contribution in [2.75, 3.05) is 7.11 Å². The van der Waals surface area contributed by atoms with Gasteiger partial charge in [-0.3, -0.25) is 0 Å². The van der Waals surface area contributed by atoms with Crippen LogP contribution < -0.4 is 9.47 Å². The lowest BCUT2D eigenvalue weighted by molar-refractivity contribution is 0.0691. The van der Waals surface area contributed by atoms with Crippen LogP contribution in [0.4, 0.5) is 0 Å². The van der Waals surface area contributed by atoms with Crippen LogP contribution in [-0.4, -0.2) is 18.2 Å². The Kier molecular flexibility index (Phi) is 4.82. The molecular formula is C17H18O4. The van der Waals surface area contributed by atoms with Crippen LogP contribution in [0, 0.1) is 0 Å². The highest BCUT2D eigenvalue weighted by Gasteiger charge is 2.13. The minimum atomic E-state index is -1.04. The van der Waals surface area contributed by atoms with E-state index < -0.39 is 5.97 Å². The second-order valence-electron chi connectivity index (χ2n) is 4.63. The first-order chi connectivity index (χ1) is 10.1. The lowest BCUT2D eigenvalue weighted by atomic mass is 10.1. The Bertz CT molecular complexity index is 617. The quantitative estimate of drug-likeness (QED) is 0.882. The summed E-state index contributed by atoms with van der Waals surface area (Å²) in [7, 11) is 1.50. The smallest absolute Gasteiger partial charge is 0.339 e. The van der Waals surface area contributed by atoms with Crippen molar-refractivity contribution >= 4 is 5.97 Å². The van der Waals surface area contributed by atoms with E-state index in [0.717, 1.165) is 12.0 Å². The molecule has 0 aliphatic rings. The SMILES string of the molecule is CCc1ccc(COc2ccc(OC)cc2C(=O)O)cc1. The maximum atomic E-state index is 11.2. The van der Waals surface area contributed by atoms with Gasteiger partial charge in [-0.15, -0.1) is 0 Å². The van der Waals surface area contributed by atoms with E-state index in [9.17, 15) is 9.90 Å². The van der Waals surface area contributed by atoms with Crippen molar-refractivity contribution in [2.24, 2.45) is 0 Å². The molecule has 2 aromatic rings. The van der Waals surface area contributed by atoms with Crippen LogP contribution in [0.5, 0.6) is 11.5 Å². The number of carboxylic acids is 1. The highest BCUT2D eigenvalue weighted by atomic mass is 16.5. The van der Waals surface area contributed by atoms with Gasteiger partial charge in [-0.05, 0) is 35.7 Å². The van der Waals surface area contributed by atoms with Gasteiger partial charge in [-0.2, -0.15) is 0 Å². The van der Waals surface area contributed by atoms with Crippen molar-refractivity contribution in [3.63, 3.8) is 0 Å². The third-order valence-corrected chi connectivity index (χ3v) is 3.24. The number of ether oxygens (including phenoxy) is 2. The van der Waals surface area contributed by atoms with E-state index in [4.69, 9.17) is 9.47 Å². The average Bonchev–Trinajstić information content (AvgIpc) is 2.53.